The quantitative estimate of drug-likeness (QED) is 0.557. The molecule has 0 bridgehead atoms. The van der Waals surface area contributed by atoms with Crippen molar-refractivity contribution in [2.24, 2.45) is 5.92 Å². The maximum absolute atomic E-state index is 12.5. The van der Waals surface area contributed by atoms with Crippen LogP contribution in [0.4, 0.5) is 0 Å². The van der Waals surface area contributed by atoms with Crippen molar-refractivity contribution in [3.63, 3.8) is 0 Å². The van der Waals surface area contributed by atoms with Crippen molar-refractivity contribution >= 4 is 11.9 Å². The van der Waals surface area contributed by atoms with E-state index < -0.39 is 0 Å². The van der Waals surface area contributed by atoms with Crippen molar-refractivity contribution in [3.8, 4) is 0 Å². The Labute approximate surface area is 127 Å². The molecule has 0 spiro atoms. The molecular weight excluding hydrogens is 270 g/mol. The third-order valence-corrected chi connectivity index (χ3v) is 3.53. The molecule has 21 heavy (non-hydrogen) atoms. The first-order valence-electron chi connectivity index (χ1n) is 7.61. The van der Waals surface area contributed by atoms with Gasteiger partial charge < -0.3 is 14.4 Å². The van der Waals surface area contributed by atoms with Gasteiger partial charge in [0.1, 0.15) is 0 Å². The zero-order chi connectivity index (χ0) is 15.8. The first-order chi connectivity index (χ1) is 9.91. The highest BCUT2D eigenvalue weighted by molar-refractivity contribution is 5.93. The average Bonchev–Trinajstić information content (AvgIpc) is 2.62. The molecule has 0 aliphatic carbocycles. The van der Waals surface area contributed by atoms with E-state index in [1.165, 1.54) is 6.92 Å². The maximum atomic E-state index is 12.5. The Bertz CT molecular complexity index is 378. The van der Waals surface area contributed by atoms with Gasteiger partial charge in [-0.25, -0.2) is 0 Å². The monoisotopic (exact) mass is 297 g/mol. The van der Waals surface area contributed by atoms with Crippen molar-refractivity contribution in [2.45, 2.75) is 46.1 Å². The summed E-state index contributed by atoms with van der Waals surface area (Å²) in [6, 6.07) is 0.200. The molecule has 120 valence electrons. The van der Waals surface area contributed by atoms with Gasteiger partial charge in [0, 0.05) is 38.1 Å². The number of carbonyl (C=O) groups is 2. The van der Waals surface area contributed by atoms with Crippen molar-refractivity contribution in [2.75, 3.05) is 26.4 Å². The van der Waals surface area contributed by atoms with E-state index in [9.17, 15) is 9.59 Å². The van der Waals surface area contributed by atoms with Gasteiger partial charge in [-0.2, -0.15) is 0 Å². The molecule has 1 rings (SSSR count). The van der Waals surface area contributed by atoms with Gasteiger partial charge in [-0.05, 0) is 18.8 Å². The maximum Gasteiger partial charge on any atom is 0.302 e. The SMILES string of the molecule is C=C(CCOC(C)=O)C(=O)N1CCOCCC1CC(C)C. The molecule has 5 nitrogen and oxygen atoms in total. The fourth-order valence-corrected chi connectivity index (χ4v) is 2.51. The Morgan fingerprint density at radius 2 is 2.10 bits per heavy atom. The molecule has 1 unspecified atom stereocenters. The molecule has 0 aromatic rings. The van der Waals surface area contributed by atoms with E-state index in [2.05, 4.69) is 20.4 Å². The highest BCUT2D eigenvalue weighted by Gasteiger charge is 2.27. The largest absolute Gasteiger partial charge is 0.466 e. The third kappa shape index (κ3) is 6.29. The molecule has 1 atom stereocenters. The number of hydrogen-bond acceptors (Lipinski definition) is 4. The standard InChI is InChI=1S/C16H27NO4/c1-12(2)11-15-6-8-20-10-7-17(15)16(19)13(3)5-9-21-14(4)18/h12,15H,3,5-11H2,1-2,4H3. The van der Waals surface area contributed by atoms with E-state index in [1.54, 1.807) is 0 Å². The second-order valence-electron chi connectivity index (χ2n) is 5.88. The molecule has 1 heterocycles. The summed E-state index contributed by atoms with van der Waals surface area (Å²) in [7, 11) is 0. The van der Waals surface area contributed by atoms with E-state index >= 15 is 0 Å². The predicted molar refractivity (Wildman–Crippen MR) is 80.8 cm³/mol. The van der Waals surface area contributed by atoms with Gasteiger partial charge in [0.2, 0.25) is 5.91 Å². The lowest BCUT2D eigenvalue weighted by molar-refractivity contribution is -0.141. The first kappa shape index (κ1) is 17.7. The van der Waals surface area contributed by atoms with E-state index in [4.69, 9.17) is 9.47 Å². The summed E-state index contributed by atoms with van der Waals surface area (Å²) in [5.74, 6) is 0.145. The summed E-state index contributed by atoms with van der Waals surface area (Å²) in [5, 5.41) is 0. The summed E-state index contributed by atoms with van der Waals surface area (Å²) in [5.41, 5.74) is 0.493. The van der Waals surface area contributed by atoms with Crippen LogP contribution in [0.2, 0.25) is 0 Å². The second-order valence-corrected chi connectivity index (χ2v) is 5.88. The summed E-state index contributed by atoms with van der Waals surface area (Å²) >= 11 is 0. The highest BCUT2D eigenvalue weighted by Crippen LogP contribution is 2.20. The fraction of sp³-hybridized carbons (Fsp3) is 0.750. The number of ether oxygens (including phenoxy) is 2. The minimum atomic E-state index is -0.337. The molecule has 1 fully saturated rings. The number of amides is 1. The summed E-state index contributed by atoms with van der Waals surface area (Å²) in [6.45, 7) is 11.6. The van der Waals surface area contributed by atoms with Gasteiger partial charge in [-0.15, -0.1) is 0 Å². The molecule has 0 aromatic carbocycles. The predicted octanol–water partition coefficient (Wildman–Crippen LogP) is 2.16. The Morgan fingerprint density at radius 1 is 1.38 bits per heavy atom. The fourth-order valence-electron chi connectivity index (χ4n) is 2.51. The molecule has 0 saturated carbocycles. The molecule has 0 N–H and O–H groups in total. The molecule has 1 aliphatic rings. The number of esters is 1. The van der Waals surface area contributed by atoms with Crippen LogP contribution in [0.1, 0.15) is 40.0 Å². The molecule has 1 amide bonds. The Hall–Kier alpha value is -1.36. The lowest BCUT2D eigenvalue weighted by Gasteiger charge is -2.31. The average molecular weight is 297 g/mol. The number of hydrogen-bond donors (Lipinski definition) is 0. The minimum absolute atomic E-state index is 0.0432. The number of rotatable bonds is 6. The van der Waals surface area contributed by atoms with Crippen LogP contribution < -0.4 is 0 Å². The number of nitrogens with zero attached hydrogens (tertiary/aromatic N) is 1. The van der Waals surface area contributed by atoms with Crippen LogP contribution in [0.15, 0.2) is 12.2 Å². The molecule has 1 saturated heterocycles. The molecular formula is C16H27NO4. The van der Waals surface area contributed by atoms with Crippen LogP contribution in [-0.4, -0.2) is 49.2 Å². The summed E-state index contributed by atoms with van der Waals surface area (Å²) < 4.78 is 10.4. The van der Waals surface area contributed by atoms with Gasteiger partial charge >= 0.3 is 5.97 Å². The van der Waals surface area contributed by atoms with Crippen molar-refractivity contribution in [1.82, 2.24) is 4.90 Å². The minimum Gasteiger partial charge on any atom is -0.466 e. The lowest BCUT2D eigenvalue weighted by atomic mass is 9.99. The van der Waals surface area contributed by atoms with E-state index in [0.29, 0.717) is 37.7 Å². The van der Waals surface area contributed by atoms with Gasteiger partial charge in [-0.1, -0.05) is 20.4 Å². The van der Waals surface area contributed by atoms with Crippen LogP contribution in [0.25, 0.3) is 0 Å². The van der Waals surface area contributed by atoms with Gasteiger partial charge in [0.25, 0.3) is 0 Å². The van der Waals surface area contributed by atoms with E-state index in [0.717, 1.165) is 12.8 Å². The third-order valence-electron chi connectivity index (χ3n) is 3.53. The van der Waals surface area contributed by atoms with Gasteiger partial charge in [0.15, 0.2) is 0 Å². The molecule has 5 heteroatoms. The molecule has 1 aliphatic heterocycles. The van der Waals surface area contributed by atoms with E-state index in [1.807, 2.05) is 4.90 Å². The van der Waals surface area contributed by atoms with Gasteiger partial charge in [-0.3, -0.25) is 9.59 Å². The molecule has 0 radical (unpaired) electrons. The zero-order valence-electron chi connectivity index (χ0n) is 13.4. The summed E-state index contributed by atoms with van der Waals surface area (Å²) in [6.07, 6.45) is 2.21. The zero-order valence-corrected chi connectivity index (χ0v) is 13.4. The Morgan fingerprint density at radius 3 is 2.71 bits per heavy atom. The lowest BCUT2D eigenvalue weighted by Crippen LogP contribution is -2.42. The first-order valence-corrected chi connectivity index (χ1v) is 7.61. The van der Waals surface area contributed by atoms with Crippen molar-refractivity contribution < 1.29 is 19.1 Å². The topological polar surface area (TPSA) is 55.8 Å². The number of carbonyl (C=O) groups excluding carboxylic acids is 2. The van der Waals surface area contributed by atoms with Gasteiger partial charge in [0.05, 0.1) is 13.2 Å². The Kier molecular flexibility index (Phi) is 7.43. The smallest absolute Gasteiger partial charge is 0.302 e. The summed E-state index contributed by atoms with van der Waals surface area (Å²) in [4.78, 5) is 25.2. The normalized spacial score (nSPS) is 19.2. The van der Waals surface area contributed by atoms with Crippen molar-refractivity contribution in [1.29, 1.82) is 0 Å². The van der Waals surface area contributed by atoms with Crippen LogP contribution in [0, 0.1) is 5.92 Å². The van der Waals surface area contributed by atoms with Crippen molar-refractivity contribution in [3.05, 3.63) is 12.2 Å². The Balaban J connectivity index is 2.61. The van der Waals surface area contributed by atoms with Crippen LogP contribution in [0.3, 0.4) is 0 Å². The van der Waals surface area contributed by atoms with E-state index in [-0.39, 0.29) is 24.5 Å². The second kappa shape index (κ2) is 8.82. The highest BCUT2D eigenvalue weighted by atomic mass is 16.5. The molecule has 0 aromatic heterocycles. The van der Waals surface area contributed by atoms with Crippen LogP contribution >= 0.6 is 0 Å². The van der Waals surface area contributed by atoms with Crippen LogP contribution in [0.5, 0.6) is 0 Å². The van der Waals surface area contributed by atoms with Crippen LogP contribution in [-0.2, 0) is 19.1 Å².